The van der Waals surface area contributed by atoms with Gasteiger partial charge in [0.25, 0.3) is 0 Å². The Hall–Kier alpha value is -1.16. The normalized spacial score (nSPS) is 49.6. The van der Waals surface area contributed by atoms with Gasteiger partial charge >= 0.3 is 5.97 Å². The smallest absolute Gasteiger partial charge is 0.309 e. The van der Waals surface area contributed by atoms with Gasteiger partial charge in [-0.15, -0.1) is 0 Å². The van der Waals surface area contributed by atoms with Crippen molar-refractivity contribution in [3.05, 3.63) is 12.2 Å². The van der Waals surface area contributed by atoms with E-state index in [1.54, 1.807) is 6.92 Å². The molecule has 0 amide bonds. The quantitative estimate of drug-likeness (QED) is 0.529. The van der Waals surface area contributed by atoms with Crippen LogP contribution in [0.4, 0.5) is 0 Å². The second-order valence-electron chi connectivity index (χ2n) is 6.34. The predicted molar refractivity (Wildman–Crippen MR) is 68.1 cm³/mol. The molecule has 2 saturated carbocycles. The number of Topliss-reactive ketones (excluding diaryl/α,β-unsaturated/α-hetero) is 1. The second-order valence-corrected chi connectivity index (χ2v) is 6.34. The third-order valence-corrected chi connectivity index (χ3v) is 5.37. The van der Waals surface area contributed by atoms with Crippen molar-refractivity contribution in [3.63, 3.8) is 0 Å². The monoisotopic (exact) mass is 264 g/mol. The highest BCUT2D eigenvalue weighted by Crippen LogP contribution is 2.51. The van der Waals surface area contributed by atoms with Crippen LogP contribution >= 0.6 is 0 Å². The van der Waals surface area contributed by atoms with E-state index in [0.29, 0.717) is 12.8 Å². The predicted octanol–water partition coefficient (Wildman–Crippen LogP) is 1.33. The number of carbonyl (C=O) groups is 2. The lowest BCUT2D eigenvalue weighted by atomic mass is 9.77. The highest BCUT2D eigenvalue weighted by molar-refractivity contribution is 5.84. The number of aliphatic hydroxyl groups excluding tert-OH is 1. The van der Waals surface area contributed by atoms with Crippen LogP contribution in [0.1, 0.15) is 26.7 Å². The first kappa shape index (κ1) is 12.9. The first-order valence-corrected chi connectivity index (χ1v) is 7.00. The van der Waals surface area contributed by atoms with E-state index in [-0.39, 0.29) is 47.4 Å². The number of fused-ring (bicyclic) bond motifs is 3. The van der Waals surface area contributed by atoms with Crippen LogP contribution in [0.3, 0.4) is 0 Å². The molecule has 0 radical (unpaired) electrons. The second kappa shape index (κ2) is 4.17. The van der Waals surface area contributed by atoms with Crippen LogP contribution in [0.5, 0.6) is 0 Å². The lowest BCUT2D eigenvalue weighted by Crippen LogP contribution is -2.37. The van der Waals surface area contributed by atoms with Gasteiger partial charge in [0.15, 0.2) is 0 Å². The number of ether oxygens (including phenoxy) is 1. The van der Waals surface area contributed by atoms with Crippen LogP contribution in [0.25, 0.3) is 0 Å². The minimum atomic E-state index is -0.591. The van der Waals surface area contributed by atoms with E-state index in [9.17, 15) is 14.7 Å². The fourth-order valence-electron chi connectivity index (χ4n) is 4.24. The fraction of sp³-hybridized carbons (Fsp3) is 0.733. The summed E-state index contributed by atoms with van der Waals surface area (Å²) in [6.45, 7) is 7.77. The molecule has 0 unspecified atom stereocenters. The number of hydrogen-bond acceptors (Lipinski definition) is 4. The van der Waals surface area contributed by atoms with Crippen molar-refractivity contribution in [2.24, 2.45) is 29.6 Å². The molecule has 0 bridgehead atoms. The highest BCUT2D eigenvalue weighted by Gasteiger charge is 2.57. The SMILES string of the molecule is C=C1C[C@H](O)[C@@H]2[C@H](OC(=O)[C@@H]2C)[C@H]2[C@@H](C)C(=O)C[C@@H]12. The summed E-state index contributed by atoms with van der Waals surface area (Å²) in [6, 6.07) is 0. The largest absolute Gasteiger partial charge is 0.461 e. The Balaban J connectivity index is 2.03. The van der Waals surface area contributed by atoms with Gasteiger partial charge in [0.2, 0.25) is 0 Å². The standard InChI is InChI=1S/C15H20O4/c1-6-4-11(17)13-8(3)15(18)19-14(13)12-7(2)10(16)5-9(6)12/h7-9,11-14,17H,1,4-5H2,2-3H3/t7-,8+,9-,11-,12-,13+,14+/m0/s1. The van der Waals surface area contributed by atoms with Crippen molar-refractivity contribution in [1.82, 2.24) is 0 Å². The molecule has 7 atom stereocenters. The Kier molecular flexibility index (Phi) is 2.82. The molecule has 1 N–H and O–H groups in total. The van der Waals surface area contributed by atoms with Gasteiger partial charge in [-0.2, -0.15) is 0 Å². The number of ketones is 1. The summed E-state index contributed by atoms with van der Waals surface area (Å²) in [5.41, 5.74) is 0.938. The topological polar surface area (TPSA) is 63.6 Å². The molecule has 2 aliphatic carbocycles. The van der Waals surface area contributed by atoms with E-state index in [0.717, 1.165) is 5.57 Å². The van der Waals surface area contributed by atoms with Gasteiger partial charge in [0.1, 0.15) is 11.9 Å². The first-order valence-electron chi connectivity index (χ1n) is 7.00. The fourth-order valence-corrected chi connectivity index (χ4v) is 4.24. The maximum absolute atomic E-state index is 12.0. The summed E-state index contributed by atoms with van der Waals surface area (Å²) in [7, 11) is 0. The molecular formula is C15H20O4. The molecule has 3 aliphatic rings. The summed E-state index contributed by atoms with van der Waals surface area (Å²) in [6.07, 6.45) is 0.0330. The summed E-state index contributed by atoms with van der Waals surface area (Å²) >= 11 is 0. The molecule has 0 spiro atoms. The minimum absolute atomic E-state index is 0.00366. The van der Waals surface area contributed by atoms with Gasteiger partial charge in [-0.25, -0.2) is 0 Å². The lowest BCUT2D eigenvalue weighted by Gasteiger charge is -2.29. The van der Waals surface area contributed by atoms with E-state index < -0.39 is 6.10 Å². The molecule has 4 heteroatoms. The zero-order chi connectivity index (χ0) is 13.9. The maximum Gasteiger partial charge on any atom is 0.309 e. The maximum atomic E-state index is 12.0. The molecule has 0 aromatic rings. The molecular weight excluding hydrogens is 244 g/mol. The first-order chi connectivity index (χ1) is 8.91. The Morgan fingerprint density at radius 1 is 1.16 bits per heavy atom. The van der Waals surface area contributed by atoms with Gasteiger partial charge in [-0.1, -0.05) is 26.0 Å². The number of aliphatic hydroxyl groups is 1. The minimum Gasteiger partial charge on any atom is -0.461 e. The number of rotatable bonds is 0. The summed E-state index contributed by atoms with van der Waals surface area (Å²) in [5.74, 6) is -0.574. The number of hydrogen-bond donors (Lipinski definition) is 1. The molecule has 0 aromatic carbocycles. The molecule has 1 aliphatic heterocycles. The van der Waals surface area contributed by atoms with Crippen molar-refractivity contribution in [2.75, 3.05) is 0 Å². The van der Waals surface area contributed by atoms with Crippen molar-refractivity contribution in [1.29, 1.82) is 0 Å². The molecule has 3 rings (SSSR count). The van der Waals surface area contributed by atoms with Crippen molar-refractivity contribution < 1.29 is 19.4 Å². The Bertz CT molecular complexity index is 455. The average Bonchev–Trinajstić information content (AvgIpc) is 2.75. The molecule has 4 nitrogen and oxygen atoms in total. The van der Waals surface area contributed by atoms with Crippen LogP contribution in [-0.4, -0.2) is 29.1 Å². The van der Waals surface area contributed by atoms with Crippen molar-refractivity contribution >= 4 is 11.8 Å². The van der Waals surface area contributed by atoms with Gasteiger partial charge in [0, 0.05) is 24.2 Å². The van der Waals surface area contributed by atoms with Gasteiger partial charge in [-0.05, 0) is 12.3 Å². The van der Waals surface area contributed by atoms with Crippen LogP contribution in [0.15, 0.2) is 12.2 Å². The Labute approximate surface area is 112 Å². The molecule has 0 aromatic heterocycles. The molecule has 3 fully saturated rings. The third-order valence-electron chi connectivity index (χ3n) is 5.37. The van der Waals surface area contributed by atoms with Crippen molar-refractivity contribution in [2.45, 2.75) is 38.9 Å². The van der Waals surface area contributed by atoms with Crippen LogP contribution in [0.2, 0.25) is 0 Å². The van der Waals surface area contributed by atoms with E-state index in [1.807, 2.05) is 6.92 Å². The third kappa shape index (κ3) is 1.69. The van der Waals surface area contributed by atoms with E-state index >= 15 is 0 Å². The zero-order valence-corrected chi connectivity index (χ0v) is 11.3. The Morgan fingerprint density at radius 3 is 2.53 bits per heavy atom. The lowest BCUT2D eigenvalue weighted by molar-refractivity contribution is -0.147. The highest BCUT2D eigenvalue weighted by atomic mass is 16.6. The van der Waals surface area contributed by atoms with Gasteiger partial charge in [-0.3, -0.25) is 9.59 Å². The van der Waals surface area contributed by atoms with E-state index in [4.69, 9.17) is 4.74 Å². The van der Waals surface area contributed by atoms with Gasteiger partial charge in [0.05, 0.1) is 12.0 Å². The van der Waals surface area contributed by atoms with Crippen LogP contribution in [0, 0.1) is 29.6 Å². The molecule has 1 saturated heterocycles. The summed E-state index contributed by atoms with van der Waals surface area (Å²) < 4.78 is 5.52. The molecule has 1 heterocycles. The summed E-state index contributed by atoms with van der Waals surface area (Å²) in [4.78, 5) is 23.8. The molecule has 104 valence electrons. The van der Waals surface area contributed by atoms with Crippen LogP contribution < -0.4 is 0 Å². The number of carbonyl (C=O) groups excluding carboxylic acids is 2. The van der Waals surface area contributed by atoms with Crippen LogP contribution in [-0.2, 0) is 14.3 Å². The summed E-state index contributed by atoms with van der Waals surface area (Å²) in [5, 5.41) is 10.3. The van der Waals surface area contributed by atoms with E-state index in [1.165, 1.54) is 0 Å². The van der Waals surface area contributed by atoms with Gasteiger partial charge < -0.3 is 9.84 Å². The average molecular weight is 264 g/mol. The van der Waals surface area contributed by atoms with E-state index in [2.05, 4.69) is 6.58 Å². The molecule has 19 heavy (non-hydrogen) atoms. The Morgan fingerprint density at radius 2 is 1.84 bits per heavy atom. The zero-order valence-electron chi connectivity index (χ0n) is 11.3. The number of esters is 1. The van der Waals surface area contributed by atoms with Crippen molar-refractivity contribution in [3.8, 4) is 0 Å².